The highest BCUT2D eigenvalue weighted by Gasteiger charge is 2.27. The Morgan fingerprint density at radius 1 is 0.689 bits per heavy atom. The molecule has 15 nitrogen and oxygen atoms in total. The van der Waals surface area contributed by atoms with Gasteiger partial charge in [0.25, 0.3) is 20.1 Å². The van der Waals surface area contributed by atoms with Gasteiger partial charge in [-0.2, -0.15) is 22.9 Å². The van der Waals surface area contributed by atoms with Gasteiger partial charge in [0.2, 0.25) is 0 Å². The fourth-order valence-electron chi connectivity index (χ4n) is 6.53. The maximum absolute atomic E-state index is 13.9. The molecule has 0 saturated carbocycles. The van der Waals surface area contributed by atoms with Crippen molar-refractivity contribution in [1.29, 1.82) is 0 Å². The molecular weight excluding hydrogens is 841 g/mol. The van der Waals surface area contributed by atoms with E-state index in [1.165, 1.54) is 46.8 Å². The van der Waals surface area contributed by atoms with Crippen LogP contribution in [0.2, 0.25) is 0 Å². The first kappa shape index (κ1) is 42.4. The third-order valence-electron chi connectivity index (χ3n) is 9.53. The number of phenols is 1. The lowest BCUT2D eigenvalue weighted by molar-refractivity contribution is 0.461. The highest BCUT2D eigenvalue weighted by Crippen LogP contribution is 2.47. The fraction of sp³-hybridized carbons (Fsp3) is 0.116. The Kier molecular flexibility index (Phi) is 11.9. The van der Waals surface area contributed by atoms with Crippen LogP contribution >= 0.6 is 0 Å². The van der Waals surface area contributed by atoms with Crippen molar-refractivity contribution in [3.63, 3.8) is 0 Å². The third kappa shape index (κ3) is 9.07. The first-order valence-electron chi connectivity index (χ1n) is 18.5. The number of rotatable bonds is 13. The highest BCUT2D eigenvalue weighted by atomic mass is 32.2. The van der Waals surface area contributed by atoms with Gasteiger partial charge in [-0.25, -0.2) is 8.42 Å². The van der Waals surface area contributed by atoms with Crippen LogP contribution in [0.1, 0.15) is 23.6 Å². The van der Waals surface area contributed by atoms with E-state index in [2.05, 4.69) is 20.5 Å². The molecule has 0 aliphatic carbocycles. The Morgan fingerprint density at radius 3 is 1.87 bits per heavy atom. The van der Waals surface area contributed by atoms with Gasteiger partial charge in [0, 0.05) is 11.9 Å². The van der Waals surface area contributed by atoms with Crippen molar-refractivity contribution in [3.8, 4) is 17.2 Å². The topological polar surface area (TPSA) is 223 Å². The van der Waals surface area contributed by atoms with E-state index in [-0.39, 0.29) is 45.0 Å². The molecule has 1 unspecified atom stereocenters. The van der Waals surface area contributed by atoms with Gasteiger partial charge in [-0.05, 0) is 129 Å². The van der Waals surface area contributed by atoms with Crippen molar-refractivity contribution >= 4 is 87.2 Å². The minimum atomic E-state index is -4.96. The van der Waals surface area contributed by atoms with E-state index in [1.807, 2.05) is 50.2 Å². The van der Waals surface area contributed by atoms with Crippen LogP contribution in [0.5, 0.6) is 17.2 Å². The molecule has 0 aliphatic rings. The monoisotopic (exact) mass is 878 g/mol. The number of benzene rings is 7. The zero-order chi connectivity index (χ0) is 43.6. The van der Waals surface area contributed by atoms with Crippen LogP contribution < -0.4 is 18.4 Å². The molecule has 7 aromatic carbocycles. The van der Waals surface area contributed by atoms with Gasteiger partial charge in [-0.3, -0.25) is 8.86 Å². The number of aryl methyl sites for hydroxylation is 3. The van der Waals surface area contributed by atoms with Crippen molar-refractivity contribution < 1.29 is 39.1 Å². The minimum Gasteiger partial charge on any atom is -0.505 e. The van der Waals surface area contributed by atoms with Crippen molar-refractivity contribution in [2.24, 2.45) is 20.5 Å². The van der Waals surface area contributed by atoms with Crippen LogP contribution in [0.3, 0.4) is 0 Å². The van der Waals surface area contributed by atoms with Crippen LogP contribution in [-0.2, 0) is 31.5 Å². The molecule has 0 heterocycles. The number of nitrogens with two attached hydrogens (primary N) is 1. The lowest BCUT2D eigenvalue weighted by Crippen LogP contribution is -2.30. The largest absolute Gasteiger partial charge is 0.505 e. The van der Waals surface area contributed by atoms with Gasteiger partial charge >= 0.3 is 11.4 Å². The summed E-state index contributed by atoms with van der Waals surface area (Å²) in [6.07, 6.45) is 0. The number of sulfonamides is 1. The number of nitrogen functional groups attached to an aromatic ring is 1. The van der Waals surface area contributed by atoms with Crippen LogP contribution in [0.25, 0.3) is 21.5 Å². The normalized spacial score (nSPS) is 12.7. The van der Waals surface area contributed by atoms with Crippen LogP contribution in [0, 0.1) is 20.8 Å². The Labute approximate surface area is 354 Å². The summed E-state index contributed by atoms with van der Waals surface area (Å²) in [6, 6.07) is 32.4. The second-order valence-corrected chi connectivity index (χ2v) is 17.8. The molecule has 0 fully saturated rings. The minimum absolute atomic E-state index is 0.0286. The van der Waals surface area contributed by atoms with Gasteiger partial charge in [-0.15, -0.1) is 10.2 Å². The summed E-state index contributed by atoms with van der Waals surface area (Å²) >= 11 is -2.12. The summed E-state index contributed by atoms with van der Waals surface area (Å²) in [7, 11) is -9.01. The van der Waals surface area contributed by atoms with E-state index in [4.69, 9.17) is 14.1 Å². The molecule has 4 N–H and O–H groups in total. The lowest BCUT2D eigenvalue weighted by atomic mass is 10.0. The molecule has 0 saturated heterocycles. The van der Waals surface area contributed by atoms with E-state index in [0.717, 1.165) is 28.0 Å². The predicted octanol–water partition coefficient (Wildman–Crippen LogP) is 10.5. The van der Waals surface area contributed by atoms with Crippen LogP contribution in [0.4, 0.5) is 34.1 Å². The molecule has 0 aromatic heterocycles. The second-order valence-electron chi connectivity index (χ2n) is 13.8. The molecule has 0 bridgehead atoms. The fourth-order valence-corrected chi connectivity index (χ4v) is 9.25. The summed E-state index contributed by atoms with van der Waals surface area (Å²) in [5.74, 6) is -0.100. The number of nitrogens with zero attached hydrogens (tertiary/aromatic N) is 5. The number of azo groups is 2. The maximum atomic E-state index is 13.9. The Balaban J connectivity index is 1.15. The molecule has 1 atom stereocenters. The van der Waals surface area contributed by atoms with Gasteiger partial charge in [0.1, 0.15) is 27.8 Å². The molecule has 18 heteroatoms. The molecule has 0 radical (unpaired) electrons. The Hall–Kier alpha value is -6.73. The molecular formula is C43H38N6O9S3. The predicted molar refractivity (Wildman–Crippen MR) is 235 cm³/mol. The van der Waals surface area contributed by atoms with Gasteiger partial charge in [0.15, 0.2) is 5.75 Å². The van der Waals surface area contributed by atoms with Crippen LogP contribution in [0.15, 0.2) is 152 Å². The first-order valence-corrected chi connectivity index (χ1v) is 22.4. The summed E-state index contributed by atoms with van der Waals surface area (Å²) < 4.78 is 87.5. The molecule has 61 heavy (non-hydrogen) atoms. The molecule has 7 rings (SSSR count). The second kappa shape index (κ2) is 17.1. The smallest absolute Gasteiger partial charge is 0.417 e. The van der Waals surface area contributed by atoms with E-state index < -0.39 is 47.8 Å². The van der Waals surface area contributed by atoms with Crippen molar-refractivity contribution in [2.45, 2.75) is 37.5 Å². The number of hydrogen-bond acceptors (Lipinski definition) is 13. The zero-order valence-electron chi connectivity index (χ0n) is 33.0. The van der Waals surface area contributed by atoms with Crippen molar-refractivity contribution in [2.75, 3.05) is 16.6 Å². The standard InChI is InChI=1S/C43H38N6O9S3/c1-5-49(37-8-6-7-29-12-9-27(3)23-36(29)37)60(52,53)35-21-15-32(16-22-35)46-48-42-38(61(54,55)56)25-30-24-28(4)41(40(44)39(30)43(42)50)47-45-31-13-19-34(20-14-31)58-59(51)57-33-17-10-26(2)11-18-33/h6-25,50H,5,44H2,1-4H3,(H,54,55,56). The average Bonchev–Trinajstić information content (AvgIpc) is 3.21. The summed E-state index contributed by atoms with van der Waals surface area (Å²) in [5, 5.41) is 29.9. The highest BCUT2D eigenvalue weighted by molar-refractivity contribution is 7.92. The van der Waals surface area contributed by atoms with Crippen molar-refractivity contribution in [1.82, 2.24) is 0 Å². The summed E-state index contributed by atoms with van der Waals surface area (Å²) in [6.45, 7) is 7.39. The molecule has 0 spiro atoms. The molecule has 312 valence electrons. The lowest BCUT2D eigenvalue weighted by Gasteiger charge is -2.24. The van der Waals surface area contributed by atoms with E-state index in [1.54, 1.807) is 50.2 Å². The van der Waals surface area contributed by atoms with Gasteiger partial charge in [-0.1, -0.05) is 47.5 Å². The number of phenolic OH excluding ortho intramolecular Hbond substituents is 1. The number of aromatic hydroxyl groups is 1. The Morgan fingerprint density at radius 2 is 1.26 bits per heavy atom. The summed E-state index contributed by atoms with van der Waals surface area (Å²) in [5.41, 5.74) is 9.42. The van der Waals surface area contributed by atoms with Gasteiger partial charge in [0.05, 0.1) is 33.0 Å². The van der Waals surface area contributed by atoms with E-state index in [9.17, 15) is 30.7 Å². The molecule has 7 aromatic rings. The van der Waals surface area contributed by atoms with Gasteiger partial charge < -0.3 is 19.2 Å². The number of hydrogen-bond donors (Lipinski definition) is 3. The summed E-state index contributed by atoms with van der Waals surface area (Å²) in [4.78, 5) is -0.774. The zero-order valence-corrected chi connectivity index (χ0v) is 35.5. The number of anilines is 2. The SMILES string of the molecule is CCN(c1cccc2ccc(C)cc12)S(=O)(=O)c1ccc(N=Nc2c(S(=O)(=O)O)cc3cc(C)c(N=Nc4ccc(OS(=O)Oc5ccc(C)cc5)cc4)c(N)c3c2O)cc1. The number of fused-ring (bicyclic) bond motifs is 2. The molecule has 0 amide bonds. The first-order chi connectivity index (χ1) is 29.0. The Bertz CT molecular complexity index is 3130. The quantitative estimate of drug-likeness (QED) is 0.0564. The van der Waals surface area contributed by atoms with E-state index in [0.29, 0.717) is 22.7 Å². The third-order valence-corrected chi connectivity index (χ3v) is 13.0. The van der Waals surface area contributed by atoms with E-state index >= 15 is 0 Å². The maximum Gasteiger partial charge on any atom is 0.417 e. The van der Waals surface area contributed by atoms with Crippen LogP contribution in [-0.4, -0.2) is 37.2 Å². The molecule has 0 aliphatic heterocycles. The van der Waals surface area contributed by atoms with Crippen molar-refractivity contribution in [3.05, 3.63) is 138 Å². The average molecular weight is 879 g/mol.